The maximum atomic E-state index is 13.2. The Hall–Kier alpha value is -2.12. The molecule has 0 radical (unpaired) electrons. The largest absolute Gasteiger partial charge is 0.322 e. The average molecular weight is 383 g/mol. The van der Waals surface area contributed by atoms with Gasteiger partial charge < -0.3 is 10.2 Å². The number of hydrogen-bond donors (Lipinski definition) is 1. The van der Waals surface area contributed by atoms with Crippen LogP contribution in [0.3, 0.4) is 0 Å². The molecule has 2 aromatic carbocycles. The standard InChI is InChI=1S/C17H16ClFN2O3S/c18-14-10-13(6-7-15(14)19)20-17(22)21-8-9-25(23,24)16(11-21)12-4-2-1-3-5-12/h1-7,10,16H,8-9,11H2,(H,20,22)/t16-/m0/s1. The van der Waals surface area contributed by atoms with Gasteiger partial charge in [-0.3, -0.25) is 0 Å². The second kappa shape index (κ2) is 7.01. The summed E-state index contributed by atoms with van der Waals surface area (Å²) in [7, 11) is -3.32. The van der Waals surface area contributed by atoms with Gasteiger partial charge in [0.05, 0.1) is 10.8 Å². The van der Waals surface area contributed by atoms with Gasteiger partial charge in [-0.25, -0.2) is 17.6 Å². The number of amides is 2. The van der Waals surface area contributed by atoms with Crippen LogP contribution in [0.25, 0.3) is 0 Å². The monoisotopic (exact) mass is 382 g/mol. The first kappa shape index (κ1) is 17.7. The molecule has 0 aliphatic carbocycles. The average Bonchev–Trinajstić information content (AvgIpc) is 2.58. The van der Waals surface area contributed by atoms with Gasteiger partial charge in [-0.2, -0.15) is 0 Å². The smallest absolute Gasteiger partial charge is 0.321 e. The fraction of sp³-hybridized carbons (Fsp3) is 0.235. The van der Waals surface area contributed by atoms with E-state index in [4.69, 9.17) is 11.6 Å². The van der Waals surface area contributed by atoms with Gasteiger partial charge in [0, 0.05) is 18.8 Å². The molecule has 1 atom stereocenters. The highest BCUT2D eigenvalue weighted by Crippen LogP contribution is 2.28. The molecule has 1 aliphatic heterocycles. The van der Waals surface area contributed by atoms with Crippen LogP contribution in [0.5, 0.6) is 0 Å². The van der Waals surface area contributed by atoms with Crippen molar-refractivity contribution in [3.63, 3.8) is 0 Å². The van der Waals surface area contributed by atoms with Crippen molar-refractivity contribution in [3.05, 3.63) is 64.9 Å². The molecule has 25 heavy (non-hydrogen) atoms. The Bertz CT molecular complexity index is 890. The minimum atomic E-state index is -3.32. The number of nitrogens with zero attached hydrogens (tertiary/aromatic N) is 1. The molecule has 0 aromatic heterocycles. The Balaban J connectivity index is 1.76. The van der Waals surface area contributed by atoms with Gasteiger partial charge >= 0.3 is 6.03 Å². The SMILES string of the molecule is O=C(Nc1ccc(F)c(Cl)c1)N1CCS(=O)(=O)[C@H](c2ccccc2)C1. The Morgan fingerprint density at radius 3 is 2.60 bits per heavy atom. The first-order valence-corrected chi connectivity index (χ1v) is 9.73. The van der Waals surface area contributed by atoms with Crippen LogP contribution in [-0.4, -0.2) is 38.2 Å². The van der Waals surface area contributed by atoms with Crippen LogP contribution < -0.4 is 5.32 Å². The molecule has 132 valence electrons. The quantitative estimate of drug-likeness (QED) is 0.864. The lowest BCUT2D eigenvalue weighted by atomic mass is 10.1. The van der Waals surface area contributed by atoms with Crippen LogP contribution >= 0.6 is 11.6 Å². The van der Waals surface area contributed by atoms with Crippen molar-refractivity contribution in [1.82, 2.24) is 4.90 Å². The van der Waals surface area contributed by atoms with E-state index in [1.807, 2.05) is 6.07 Å². The lowest BCUT2D eigenvalue weighted by Gasteiger charge is -2.32. The summed E-state index contributed by atoms with van der Waals surface area (Å²) >= 11 is 5.70. The molecular formula is C17H16ClFN2O3S. The molecular weight excluding hydrogens is 367 g/mol. The molecule has 1 N–H and O–H groups in total. The summed E-state index contributed by atoms with van der Waals surface area (Å²) in [6, 6.07) is 12.2. The minimum Gasteiger partial charge on any atom is -0.322 e. The summed E-state index contributed by atoms with van der Waals surface area (Å²) in [5.41, 5.74) is 1.01. The third-order valence-corrected chi connectivity index (χ3v) is 6.42. The third-order valence-electron chi connectivity index (χ3n) is 4.09. The zero-order valence-corrected chi connectivity index (χ0v) is 14.7. The fourth-order valence-corrected chi connectivity index (χ4v) is 4.64. The fourth-order valence-electron chi connectivity index (χ4n) is 2.73. The van der Waals surface area contributed by atoms with E-state index < -0.39 is 26.9 Å². The third kappa shape index (κ3) is 3.93. The van der Waals surface area contributed by atoms with Gasteiger partial charge in [-0.1, -0.05) is 41.9 Å². The van der Waals surface area contributed by atoms with E-state index in [0.717, 1.165) is 6.07 Å². The van der Waals surface area contributed by atoms with Crippen molar-refractivity contribution in [3.8, 4) is 0 Å². The summed E-state index contributed by atoms with van der Waals surface area (Å²) in [6.45, 7) is 0.166. The van der Waals surface area contributed by atoms with Gasteiger partial charge in [0.2, 0.25) is 0 Å². The van der Waals surface area contributed by atoms with Gasteiger partial charge in [0.25, 0.3) is 0 Å². The highest BCUT2D eigenvalue weighted by Gasteiger charge is 2.35. The molecule has 5 nitrogen and oxygen atoms in total. The molecule has 0 spiro atoms. The predicted octanol–water partition coefficient (Wildman–Crippen LogP) is 3.48. The number of nitrogens with one attached hydrogen (secondary N) is 1. The molecule has 2 aromatic rings. The van der Waals surface area contributed by atoms with E-state index >= 15 is 0 Å². The molecule has 1 aliphatic rings. The number of urea groups is 1. The van der Waals surface area contributed by atoms with E-state index in [0.29, 0.717) is 11.3 Å². The summed E-state index contributed by atoms with van der Waals surface area (Å²) < 4.78 is 37.9. The molecule has 0 bridgehead atoms. The Kier molecular flexibility index (Phi) is 4.96. The lowest BCUT2D eigenvalue weighted by Crippen LogP contribution is -2.47. The summed E-state index contributed by atoms with van der Waals surface area (Å²) in [6.07, 6.45) is 0. The van der Waals surface area contributed by atoms with Crippen LogP contribution in [0.2, 0.25) is 5.02 Å². The van der Waals surface area contributed by atoms with Gasteiger partial charge in [-0.15, -0.1) is 0 Å². The molecule has 3 rings (SSSR count). The Morgan fingerprint density at radius 2 is 1.92 bits per heavy atom. The zero-order chi connectivity index (χ0) is 18.0. The lowest BCUT2D eigenvalue weighted by molar-refractivity contribution is 0.212. The Labute approximate surface area is 150 Å². The molecule has 0 unspecified atom stereocenters. The van der Waals surface area contributed by atoms with Gasteiger partial charge in [0.15, 0.2) is 9.84 Å². The van der Waals surface area contributed by atoms with Crippen molar-refractivity contribution < 1.29 is 17.6 Å². The molecule has 1 heterocycles. The maximum Gasteiger partial charge on any atom is 0.321 e. The second-order valence-corrected chi connectivity index (χ2v) is 8.48. The van der Waals surface area contributed by atoms with Crippen molar-refractivity contribution >= 4 is 33.2 Å². The van der Waals surface area contributed by atoms with E-state index in [2.05, 4.69) is 5.32 Å². The first-order valence-electron chi connectivity index (χ1n) is 7.64. The molecule has 0 saturated carbocycles. The molecule has 1 fully saturated rings. The van der Waals surface area contributed by atoms with E-state index in [1.54, 1.807) is 24.3 Å². The summed E-state index contributed by atoms with van der Waals surface area (Å²) in [5, 5.41) is 1.76. The van der Waals surface area contributed by atoms with Crippen LogP contribution in [0, 0.1) is 5.82 Å². The van der Waals surface area contributed by atoms with Crippen molar-refractivity contribution in [1.29, 1.82) is 0 Å². The highest BCUT2D eigenvalue weighted by molar-refractivity contribution is 7.91. The number of halogens is 2. The van der Waals surface area contributed by atoms with Crippen molar-refractivity contribution in [2.24, 2.45) is 0 Å². The number of hydrogen-bond acceptors (Lipinski definition) is 3. The predicted molar refractivity (Wildman–Crippen MR) is 95.0 cm³/mol. The van der Waals surface area contributed by atoms with E-state index in [9.17, 15) is 17.6 Å². The number of carbonyl (C=O) groups is 1. The number of benzene rings is 2. The molecule has 2 amide bonds. The summed E-state index contributed by atoms with van der Waals surface area (Å²) in [4.78, 5) is 13.9. The summed E-state index contributed by atoms with van der Waals surface area (Å²) in [5.74, 6) is -0.683. The van der Waals surface area contributed by atoms with E-state index in [1.165, 1.54) is 17.0 Å². The van der Waals surface area contributed by atoms with Crippen LogP contribution in [0.15, 0.2) is 48.5 Å². The van der Waals surface area contributed by atoms with Crippen LogP contribution in [-0.2, 0) is 9.84 Å². The number of carbonyl (C=O) groups excluding carboxylic acids is 1. The van der Waals surface area contributed by atoms with Crippen LogP contribution in [0.4, 0.5) is 14.9 Å². The van der Waals surface area contributed by atoms with Gasteiger partial charge in [0.1, 0.15) is 11.1 Å². The minimum absolute atomic E-state index is 0.0626. The number of anilines is 1. The topological polar surface area (TPSA) is 66.5 Å². The van der Waals surface area contributed by atoms with E-state index in [-0.39, 0.29) is 23.9 Å². The molecule has 8 heteroatoms. The van der Waals surface area contributed by atoms with Crippen LogP contribution in [0.1, 0.15) is 10.8 Å². The maximum absolute atomic E-state index is 13.2. The van der Waals surface area contributed by atoms with Crippen molar-refractivity contribution in [2.75, 3.05) is 24.2 Å². The Morgan fingerprint density at radius 1 is 1.20 bits per heavy atom. The second-order valence-electron chi connectivity index (χ2n) is 5.77. The van der Waals surface area contributed by atoms with Gasteiger partial charge in [-0.05, 0) is 23.8 Å². The molecule has 1 saturated heterocycles. The first-order chi connectivity index (χ1) is 11.9. The van der Waals surface area contributed by atoms with Crippen molar-refractivity contribution in [2.45, 2.75) is 5.25 Å². The number of rotatable bonds is 2. The zero-order valence-electron chi connectivity index (χ0n) is 13.2. The number of sulfone groups is 1. The highest BCUT2D eigenvalue weighted by atomic mass is 35.5. The normalized spacial score (nSPS) is 19.4.